The second-order valence-corrected chi connectivity index (χ2v) is 2.40. The van der Waals surface area contributed by atoms with Gasteiger partial charge in [0.05, 0.1) is 0 Å². The van der Waals surface area contributed by atoms with Gasteiger partial charge in [-0.2, -0.15) is 4.98 Å². The van der Waals surface area contributed by atoms with Gasteiger partial charge in [-0.05, 0) is 6.92 Å². The SMILES string of the molecule is CCN(O)c1nc(N)[nH]c(=O)c1N. The fourth-order valence-corrected chi connectivity index (χ4v) is 0.834. The highest BCUT2D eigenvalue weighted by Crippen LogP contribution is 2.13. The molecule has 0 saturated carbocycles. The van der Waals surface area contributed by atoms with E-state index in [9.17, 15) is 10.0 Å². The first-order chi connectivity index (χ1) is 6.06. The van der Waals surface area contributed by atoms with E-state index in [-0.39, 0.29) is 24.0 Å². The van der Waals surface area contributed by atoms with Gasteiger partial charge in [-0.3, -0.25) is 15.0 Å². The molecule has 72 valence electrons. The number of nitrogens with one attached hydrogen (secondary N) is 1. The van der Waals surface area contributed by atoms with Crippen molar-refractivity contribution in [2.24, 2.45) is 0 Å². The van der Waals surface area contributed by atoms with Gasteiger partial charge >= 0.3 is 0 Å². The van der Waals surface area contributed by atoms with Crippen LogP contribution >= 0.6 is 0 Å². The average molecular weight is 185 g/mol. The van der Waals surface area contributed by atoms with Crippen molar-refractivity contribution in [1.82, 2.24) is 9.97 Å². The van der Waals surface area contributed by atoms with E-state index in [1.165, 1.54) is 0 Å². The number of hydrogen-bond donors (Lipinski definition) is 4. The van der Waals surface area contributed by atoms with Crippen molar-refractivity contribution in [2.75, 3.05) is 23.1 Å². The van der Waals surface area contributed by atoms with Crippen molar-refractivity contribution >= 4 is 17.5 Å². The minimum absolute atomic E-state index is 0.0243. The third kappa shape index (κ3) is 1.70. The van der Waals surface area contributed by atoms with E-state index >= 15 is 0 Å². The van der Waals surface area contributed by atoms with Gasteiger partial charge in [0, 0.05) is 6.54 Å². The van der Waals surface area contributed by atoms with Crippen LogP contribution in [0, 0.1) is 0 Å². The molecule has 0 unspecified atom stereocenters. The third-order valence-corrected chi connectivity index (χ3v) is 1.50. The maximum Gasteiger partial charge on any atom is 0.277 e. The number of nitrogens with zero attached hydrogens (tertiary/aromatic N) is 2. The molecular weight excluding hydrogens is 174 g/mol. The van der Waals surface area contributed by atoms with Crippen LogP contribution in [0.25, 0.3) is 0 Å². The molecule has 0 aliphatic carbocycles. The second kappa shape index (κ2) is 3.31. The molecule has 0 aliphatic heterocycles. The van der Waals surface area contributed by atoms with E-state index in [4.69, 9.17) is 11.5 Å². The topological polar surface area (TPSA) is 121 Å². The third-order valence-electron chi connectivity index (χ3n) is 1.50. The van der Waals surface area contributed by atoms with E-state index in [2.05, 4.69) is 9.97 Å². The molecule has 0 spiro atoms. The summed E-state index contributed by atoms with van der Waals surface area (Å²) in [4.78, 5) is 16.9. The van der Waals surface area contributed by atoms with Gasteiger partial charge in [-0.25, -0.2) is 5.06 Å². The zero-order valence-corrected chi connectivity index (χ0v) is 7.11. The van der Waals surface area contributed by atoms with Gasteiger partial charge in [-0.15, -0.1) is 0 Å². The Morgan fingerprint density at radius 3 is 2.77 bits per heavy atom. The molecule has 7 nitrogen and oxygen atoms in total. The number of aromatic amines is 1. The number of nitrogens with two attached hydrogens (primary N) is 2. The monoisotopic (exact) mass is 185 g/mol. The van der Waals surface area contributed by atoms with Gasteiger partial charge in [0.1, 0.15) is 5.69 Å². The summed E-state index contributed by atoms with van der Waals surface area (Å²) >= 11 is 0. The molecule has 13 heavy (non-hydrogen) atoms. The lowest BCUT2D eigenvalue weighted by atomic mass is 10.4. The lowest BCUT2D eigenvalue weighted by Crippen LogP contribution is -2.25. The first kappa shape index (κ1) is 9.33. The molecule has 0 saturated heterocycles. The molecule has 0 atom stereocenters. The maximum absolute atomic E-state index is 11.0. The van der Waals surface area contributed by atoms with Crippen LogP contribution in [0.1, 0.15) is 6.92 Å². The van der Waals surface area contributed by atoms with Crippen LogP contribution in [0.15, 0.2) is 4.79 Å². The number of H-pyrrole nitrogens is 1. The lowest BCUT2D eigenvalue weighted by Gasteiger charge is -2.14. The van der Waals surface area contributed by atoms with Crippen LogP contribution in [0.4, 0.5) is 17.5 Å². The Labute approximate surface area is 73.9 Å². The summed E-state index contributed by atoms with van der Waals surface area (Å²) in [7, 11) is 0. The zero-order valence-electron chi connectivity index (χ0n) is 7.11. The fraction of sp³-hybridized carbons (Fsp3) is 0.333. The Bertz CT molecular complexity index is 361. The normalized spacial score (nSPS) is 10.0. The van der Waals surface area contributed by atoms with Crippen LogP contribution in [0.3, 0.4) is 0 Å². The van der Waals surface area contributed by atoms with Gasteiger partial charge in [0.25, 0.3) is 5.56 Å². The predicted molar refractivity (Wildman–Crippen MR) is 48.5 cm³/mol. The van der Waals surface area contributed by atoms with Crippen molar-refractivity contribution in [2.45, 2.75) is 6.92 Å². The van der Waals surface area contributed by atoms with Crippen molar-refractivity contribution in [3.05, 3.63) is 10.4 Å². The Kier molecular flexibility index (Phi) is 2.38. The van der Waals surface area contributed by atoms with Crippen molar-refractivity contribution in [3.63, 3.8) is 0 Å². The highest BCUT2D eigenvalue weighted by atomic mass is 16.5. The van der Waals surface area contributed by atoms with Crippen LogP contribution < -0.4 is 22.1 Å². The summed E-state index contributed by atoms with van der Waals surface area (Å²) in [5, 5.41) is 9.99. The summed E-state index contributed by atoms with van der Waals surface area (Å²) in [5.41, 5.74) is 9.91. The highest BCUT2D eigenvalue weighted by molar-refractivity contribution is 5.61. The highest BCUT2D eigenvalue weighted by Gasteiger charge is 2.11. The number of aromatic nitrogens is 2. The summed E-state index contributed by atoms with van der Waals surface area (Å²) in [6, 6.07) is 0. The Balaban J connectivity index is 3.28. The van der Waals surface area contributed by atoms with Crippen molar-refractivity contribution in [3.8, 4) is 0 Å². The van der Waals surface area contributed by atoms with E-state index in [0.29, 0.717) is 0 Å². The fourth-order valence-electron chi connectivity index (χ4n) is 0.834. The van der Waals surface area contributed by atoms with Crippen LogP contribution in [-0.2, 0) is 0 Å². The summed E-state index contributed by atoms with van der Waals surface area (Å²) < 4.78 is 0. The summed E-state index contributed by atoms with van der Waals surface area (Å²) in [6.45, 7) is 1.94. The largest absolute Gasteiger partial charge is 0.391 e. The molecule has 7 heteroatoms. The lowest BCUT2D eigenvalue weighted by molar-refractivity contribution is 0.257. The Morgan fingerprint density at radius 2 is 2.23 bits per heavy atom. The second-order valence-electron chi connectivity index (χ2n) is 2.40. The first-order valence-corrected chi connectivity index (χ1v) is 3.68. The molecule has 0 radical (unpaired) electrons. The van der Waals surface area contributed by atoms with E-state index in [1.54, 1.807) is 6.92 Å². The summed E-state index contributed by atoms with van der Waals surface area (Å²) in [6.07, 6.45) is 0. The zero-order chi connectivity index (χ0) is 10.0. The maximum atomic E-state index is 11.0. The standard InChI is InChI=1S/C6H11N5O2/c1-2-11(13)4-3(7)5(12)10-6(8)9-4/h13H,2,7H2,1H3,(H3,8,9,10,12). The Hall–Kier alpha value is -1.76. The van der Waals surface area contributed by atoms with Gasteiger partial charge in [0.15, 0.2) is 5.82 Å². The molecule has 1 heterocycles. The number of anilines is 3. The number of hydrogen-bond acceptors (Lipinski definition) is 6. The average Bonchev–Trinajstić information content (AvgIpc) is 2.10. The van der Waals surface area contributed by atoms with Gasteiger partial charge in [0.2, 0.25) is 5.95 Å². The molecule has 6 N–H and O–H groups in total. The van der Waals surface area contributed by atoms with Gasteiger partial charge in [-0.1, -0.05) is 0 Å². The first-order valence-electron chi connectivity index (χ1n) is 3.68. The predicted octanol–water partition coefficient (Wildman–Crippen LogP) is -0.850. The molecule has 0 aliphatic rings. The van der Waals surface area contributed by atoms with E-state index in [1.807, 2.05) is 0 Å². The quantitative estimate of drug-likeness (QED) is 0.445. The molecule has 0 aromatic carbocycles. The number of nitrogen functional groups attached to an aromatic ring is 2. The summed E-state index contributed by atoms with van der Waals surface area (Å²) in [5.74, 6) is -0.106. The van der Waals surface area contributed by atoms with E-state index < -0.39 is 5.56 Å². The molecule has 1 aromatic heterocycles. The molecule has 0 bridgehead atoms. The van der Waals surface area contributed by atoms with Crippen molar-refractivity contribution < 1.29 is 5.21 Å². The van der Waals surface area contributed by atoms with Crippen LogP contribution in [-0.4, -0.2) is 21.7 Å². The number of hydroxylamine groups is 1. The van der Waals surface area contributed by atoms with Crippen LogP contribution in [0.5, 0.6) is 0 Å². The molecule has 0 amide bonds. The molecular formula is C6H11N5O2. The van der Waals surface area contributed by atoms with Gasteiger partial charge < -0.3 is 11.5 Å². The van der Waals surface area contributed by atoms with Crippen LogP contribution in [0.2, 0.25) is 0 Å². The molecule has 1 aromatic rings. The van der Waals surface area contributed by atoms with Crippen molar-refractivity contribution in [1.29, 1.82) is 0 Å². The van der Waals surface area contributed by atoms with E-state index in [0.717, 1.165) is 5.06 Å². The minimum atomic E-state index is -0.560. The molecule has 0 fully saturated rings. The minimum Gasteiger partial charge on any atom is -0.391 e. The Morgan fingerprint density at radius 1 is 1.62 bits per heavy atom. The number of rotatable bonds is 2. The molecule has 1 rings (SSSR count). The smallest absolute Gasteiger partial charge is 0.277 e.